The molecule has 117 valence electrons. The zero-order chi connectivity index (χ0) is 14.9. The van der Waals surface area contributed by atoms with Crippen LogP contribution in [0.4, 0.5) is 0 Å². The summed E-state index contributed by atoms with van der Waals surface area (Å²) in [5, 5.41) is 3.96. The Kier molecular flexibility index (Phi) is 6.94. The molecule has 0 bridgehead atoms. The molecule has 8 nitrogen and oxygen atoms in total. The van der Waals surface area contributed by atoms with E-state index in [9.17, 15) is 9.59 Å². The van der Waals surface area contributed by atoms with Gasteiger partial charge >= 0.3 is 19.6 Å². The van der Waals surface area contributed by atoms with Gasteiger partial charge in [-0.25, -0.2) is 20.9 Å². The molecule has 2 aliphatic rings. The maximum atomic E-state index is 11.4. The molecule has 0 aliphatic carbocycles. The highest BCUT2D eigenvalue weighted by Gasteiger charge is 2.16. The van der Waals surface area contributed by atoms with E-state index in [4.69, 9.17) is 9.31 Å². The smallest absolute Gasteiger partial charge is 0.499 e. The number of hydrogen-bond acceptors (Lipinski definition) is 8. The van der Waals surface area contributed by atoms with Crippen LogP contribution in [0.2, 0.25) is 0 Å². The normalized spacial score (nSPS) is 19.6. The molecule has 21 heavy (non-hydrogen) atoms. The summed E-state index contributed by atoms with van der Waals surface area (Å²) in [4.78, 5) is 22.8. The minimum absolute atomic E-state index is 0.0695. The number of hydrazine groups is 2. The molecule has 1 radical (unpaired) electrons. The van der Waals surface area contributed by atoms with Gasteiger partial charge in [0, 0.05) is 26.2 Å². The van der Waals surface area contributed by atoms with E-state index in [-0.39, 0.29) is 13.1 Å². The molecule has 0 atom stereocenters. The van der Waals surface area contributed by atoms with Crippen molar-refractivity contribution in [2.24, 2.45) is 0 Å². The van der Waals surface area contributed by atoms with E-state index >= 15 is 0 Å². The molecule has 0 amide bonds. The highest BCUT2D eigenvalue weighted by Crippen LogP contribution is 2.03. The van der Waals surface area contributed by atoms with E-state index < -0.39 is 11.9 Å². The minimum atomic E-state index is -0.484. The molecule has 9 heteroatoms. The van der Waals surface area contributed by atoms with Gasteiger partial charge in [0.25, 0.3) is 0 Å². The van der Waals surface area contributed by atoms with Gasteiger partial charge in [-0.3, -0.25) is 9.59 Å². The maximum Gasteiger partial charge on any atom is 0.662 e. The summed E-state index contributed by atoms with van der Waals surface area (Å²) in [5.74, 6) is -0.968. The zero-order valence-corrected chi connectivity index (χ0v) is 12.2. The number of rotatable bonds is 8. The summed E-state index contributed by atoms with van der Waals surface area (Å²) < 4.78 is 9.41. The van der Waals surface area contributed by atoms with Crippen LogP contribution in [0.15, 0.2) is 0 Å². The summed E-state index contributed by atoms with van der Waals surface area (Å²) in [7, 11) is 0.794. The van der Waals surface area contributed by atoms with Gasteiger partial charge in [-0.1, -0.05) is 0 Å². The van der Waals surface area contributed by atoms with Crippen LogP contribution < -0.4 is 10.9 Å². The zero-order valence-electron chi connectivity index (χ0n) is 12.2. The maximum absolute atomic E-state index is 11.4. The van der Waals surface area contributed by atoms with E-state index in [1.165, 1.54) is 0 Å². The Balaban J connectivity index is 1.45. The number of carbonyl (C=O) groups excluding carboxylic acids is 2. The van der Waals surface area contributed by atoms with Crippen molar-refractivity contribution >= 4 is 19.6 Å². The quantitative estimate of drug-likeness (QED) is 0.541. The molecule has 2 heterocycles. The van der Waals surface area contributed by atoms with Crippen molar-refractivity contribution in [2.45, 2.75) is 25.7 Å². The second kappa shape index (κ2) is 8.98. The first kappa shape index (κ1) is 16.2. The van der Waals surface area contributed by atoms with Crippen LogP contribution in [0.1, 0.15) is 25.7 Å². The topological polar surface area (TPSA) is 83.1 Å². The predicted octanol–water partition coefficient (Wildman–Crippen LogP) is -1.19. The second-order valence-electron chi connectivity index (χ2n) is 5.13. The Hall–Kier alpha value is -1.16. The van der Waals surface area contributed by atoms with Crippen molar-refractivity contribution in [3.8, 4) is 0 Å². The van der Waals surface area contributed by atoms with E-state index in [1.807, 2.05) is 10.0 Å². The van der Waals surface area contributed by atoms with Crippen molar-refractivity contribution in [1.82, 2.24) is 20.9 Å². The lowest BCUT2D eigenvalue weighted by Gasteiger charge is -2.16. The summed E-state index contributed by atoms with van der Waals surface area (Å²) in [6.07, 6.45) is 4.54. The number of nitrogens with one attached hydrogen (secondary N) is 2. The van der Waals surface area contributed by atoms with Crippen molar-refractivity contribution in [2.75, 3.05) is 39.3 Å². The summed E-state index contributed by atoms with van der Waals surface area (Å²) in [6.45, 7) is 3.89. The fraction of sp³-hybridized carbons (Fsp3) is 0.833. The third kappa shape index (κ3) is 6.43. The van der Waals surface area contributed by atoms with Gasteiger partial charge in [-0.05, 0) is 25.7 Å². The molecule has 0 aromatic carbocycles. The lowest BCUT2D eigenvalue weighted by Crippen LogP contribution is -2.41. The third-order valence-electron chi connectivity index (χ3n) is 3.47. The predicted molar refractivity (Wildman–Crippen MR) is 75.6 cm³/mol. The summed E-state index contributed by atoms with van der Waals surface area (Å²) in [5.41, 5.74) is 5.92. The lowest BCUT2D eigenvalue weighted by molar-refractivity contribution is -0.139. The Morgan fingerprint density at radius 2 is 1.19 bits per heavy atom. The van der Waals surface area contributed by atoms with Gasteiger partial charge in [-0.15, -0.1) is 0 Å². The molecule has 0 aromatic rings. The Bertz CT molecular complexity index is 314. The molecular weight excluding hydrogens is 275 g/mol. The van der Waals surface area contributed by atoms with Gasteiger partial charge in [0.2, 0.25) is 0 Å². The monoisotopic (exact) mass is 297 g/mol. The SMILES string of the molecule is O=C(CNN1CCCC1)O[B]OC(=O)CNN1CCCC1. The average Bonchev–Trinajstić information content (AvgIpc) is 3.16. The average molecular weight is 297 g/mol. The third-order valence-corrected chi connectivity index (χ3v) is 3.47. The Morgan fingerprint density at radius 3 is 1.57 bits per heavy atom. The van der Waals surface area contributed by atoms with Crippen molar-refractivity contribution in [3.63, 3.8) is 0 Å². The molecule has 0 saturated carbocycles. The highest BCUT2D eigenvalue weighted by molar-refractivity contribution is 6.26. The van der Waals surface area contributed by atoms with Gasteiger partial charge in [0.15, 0.2) is 0 Å². The first-order valence-corrected chi connectivity index (χ1v) is 7.41. The van der Waals surface area contributed by atoms with Gasteiger partial charge < -0.3 is 9.31 Å². The molecule has 2 rings (SSSR count). The minimum Gasteiger partial charge on any atom is -0.499 e. The van der Waals surface area contributed by atoms with Crippen LogP contribution in [0.25, 0.3) is 0 Å². The fourth-order valence-corrected chi connectivity index (χ4v) is 2.32. The van der Waals surface area contributed by atoms with Crippen molar-refractivity contribution < 1.29 is 18.9 Å². The van der Waals surface area contributed by atoms with Crippen LogP contribution in [0.5, 0.6) is 0 Å². The van der Waals surface area contributed by atoms with Crippen molar-refractivity contribution in [1.29, 1.82) is 0 Å². The second-order valence-corrected chi connectivity index (χ2v) is 5.13. The van der Waals surface area contributed by atoms with Crippen LogP contribution in [0.3, 0.4) is 0 Å². The summed E-state index contributed by atoms with van der Waals surface area (Å²) >= 11 is 0. The molecular formula is C12H22BN4O4. The van der Waals surface area contributed by atoms with Crippen LogP contribution in [-0.4, -0.2) is 68.9 Å². The molecule has 2 saturated heterocycles. The molecule has 0 spiro atoms. The van der Waals surface area contributed by atoms with Gasteiger partial charge in [0.05, 0.1) is 0 Å². The van der Waals surface area contributed by atoms with E-state index in [0.717, 1.165) is 59.5 Å². The van der Waals surface area contributed by atoms with Crippen LogP contribution in [0, 0.1) is 0 Å². The van der Waals surface area contributed by atoms with Crippen molar-refractivity contribution in [3.05, 3.63) is 0 Å². The fourth-order valence-electron chi connectivity index (χ4n) is 2.32. The molecule has 2 N–H and O–H groups in total. The van der Waals surface area contributed by atoms with E-state index in [2.05, 4.69) is 10.9 Å². The number of carbonyl (C=O) groups is 2. The van der Waals surface area contributed by atoms with Gasteiger partial charge in [0.1, 0.15) is 13.1 Å². The lowest BCUT2D eigenvalue weighted by atomic mass is 10.4. The van der Waals surface area contributed by atoms with Crippen LogP contribution in [-0.2, 0) is 18.9 Å². The summed E-state index contributed by atoms with van der Waals surface area (Å²) in [6, 6.07) is 0. The number of nitrogens with zero attached hydrogens (tertiary/aromatic N) is 2. The Morgan fingerprint density at radius 1 is 0.810 bits per heavy atom. The van der Waals surface area contributed by atoms with E-state index in [1.54, 1.807) is 0 Å². The molecule has 0 aromatic heterocycles. The van der Waals surface area contributed by atoms with Gasteiger partial charge in [-0.2, -0.15) is 0 Å². The molecule has 2 fully saturated rings. The largest absolute Gasteiger partial charge is 0.662 e. The standard InChI is InChI=1S/C12H22BN4O4/c18-11(9-14-16-5-1-2-6-16)20-13-21-12(19)10-15-17-7-3-4-8-17/h14-15H,1-10H2. The first-order chi connectivity index (χ1) is 10.2. The van der Waals surface area contributed by atoms with E-state index in [0.29, 0.717) is 0 Å². The molecule has 0 unspecified atom stereocenters. The molecule has 2 aliphatic heterocycles. The Labute approximate surface area is 125 Å². The highest BCUT2D eigenvalue weighted by atomic mass is 16.6. The first-order valence-electron chi connectivity index (χ1n) is 7.41. The number of hydrogen-bond donors (Lipinski definition) is 2. The van der Waals surface area contributed by atoms with Crippen LogP contribution >= 0.6 is 0 Å².